The number of fused-ring (bicyclic) bond motifs is 12. The number of aryl methyl sites for hydroxylation is 2. The summed E-state index contributed by atoms with van der Waals surface area (Å²) in [6.07, 6.45) is 16.9. The van der Waals surface area contributed by atoms with Gasteiger partial charge in [0.15, 0.2) is 0 Å². The smallest absolute Gasteiger partial charge is 0.0725 e. The Morgan fingerprint density at radius 2 is 1.32 bits per heavy atom. The van der Waals surface area contributed by atoms with E-state index in [-0.39, 0.29) is 0 Å². The number of allylic oxidation sites excluding steroid dienone is 8. The van der Waals surface area contributed by atoms with E-state index in [4.69, 9.17) is 0 Å². The lowest BCUT2D eigenvalue weighted by Gasteiger charge is -2.40. The second-order valence-electron chi connectivity index (χ2n) is 16.3. The summed E-state index contributed by atoms with van der Waals surface area (Å²) in [7, 11) is 0. The summed E-state index contributed by atoms with van der Waals surface area (Å²) >= 11 is 1.90. The van der Waals surface area contributed by atoms with Crippen molar-refractivity contribution >= 4 is 49.4 Å². The highest BCUT2D eigenvalue weighted by Gasteiger charge is 2.50. The summed E-state index contributed by atoms with van der Waals surface area (Å²) in [5, 5.41) is 4.08. The van der Waals surface area contributed by atoms with E-state index in [1.807, 2.05) is 17.4 Å². The van der Waals surface area contributed by atoms with Gasteiger partial charge in [-0.2, -0.15) is 0 Å². The molecular formula is C58H44S. The van der Waals surface area contributed by atoms with Crippen LogP contribution in [0.5, 0.6) is 0 Å². The number of benzene rings is 7. The highest BCUT2D eigenvalue weighted by Crippen LogP contribution is 2.62. The number of rotatable bonds is 6. The van der Waals surface area contributed by atoms with Crippen LogP contribution in [-0.4, -0.2) is 0 Å². The Balaban J connectivity index is 1.06. The fourth-order valence-corrected chi connectivity index (χ4v) is 11.7. The summed E-state index contributed by atoms with van der Waals surface area (Å²) in [6, 6.07) is 54.5. The van der Waals surface area contributed by atoms with Crippen molar-refractivity contribution in [2.24, 2.45) is 0 Å². The zero-order valence-electron chi connectivity index (χ0n) is 33.6. The third-order valence-electron chi connectivity index (χ3n) is 13.2. The molecule has 8 aromatic rings. The monoisotopic (exact) mass is 772 g/mol. The molecule has 0 saturated carbocycles. The molecule has 0 bridgehead atoms. The first kappa shape index (κ1) is 35.6. The van der Waals surface area contributed by atoms with Gasteiger partial charge < -0.3 is 0 Å². The van der Waals surface area contributed by atoms with E-state index in [1.165, 1.54) is 109 Å². The van der Waals surface area contributed by atoms with Gasteiger partial charge >= 0.3 is 0 Å². The average Bonchev–Trinajstić information content (AvgIpc) is 3.63. The van der Waals surface area contributed by atoms with E-state index in [9.17, 15) is 0 Å². The Morgan fingerprint density at radius 1 is 0.627 bits per heavy atom. The van der Waals surface area contributed by atoms with Gasteiger partial charge in [0.05, 0.1) is 5.41 Å². The van der Waals surface area contributed by atoms with Gasteiger partial charge in [-0.3, -0.25) is 0 Å². The molecule has 282 valence electrons. The van der Waals surface area contributed by atoms with Crippen molar-refractivity contribution in [3.05, 3.63) is 243 Å². The van der Waals surface area contributed by atoms with Crippen LogP contribution in [0.4, 0.5) is 0 Å². The minimum absolute atomic E-state index is 0.436. The predicted molar refractivity (Wildman–Crippen MR) is 254 cm³/mol. The quantitative estimate of drug-likeness (QED) is 0.117. The predicted octanol–water partition coefficient (Wildman–Crippen LogP) is 15.5. The topological polar surface area (TPSA) is 0 Å². The molecule has 1 heterocycles. The minimum atomic E-state index is -0.436. The Bertz CT molecular complexity index is 3150. The van der Waals surface area contributed by atoms with Crippen LogP contribution in [0, 0.1) is 6.92 Å². The molecule has 1 unspecified atom stereocenters. The second kappa shape index (κ2) is 14.1. The van der Waals surface area contributed by atoms with Crippen molar-refractivity contribution in [3.63, 3.8) is 0 Å². The van der Waals surface area contributed by atoms with Crippen LogP contribution >= 0.6 is 11.3 Å². The molecule has 59 heavy (non-hydrogen) atoms. The lowest BCUT2D eigenvalue weighted by molar-refractivity contribution is 0.773. The zero-order chi connectivity index (χ0) is 39.7. The van der Waals surface area contributed by atoms with E-state index in [2.05, 4.69) is 196 Å². The first-order valence-corrected chi connectivity index (χ1v) is 21.7. The maximum absolute atomic E-state index is 4.38. The molecule has 0 saturated heterocycles. The molecule has 0 fully saturated rings. The minimum Gasteiger partial charge on any atom is -0.136 e. The van der Waals surface area contributed by atoms with Crippen molar-refractivity contribution in [1.29, 1.82) is 0 Å². The summed E-state index contributed by atoms with van der Waals surface area (Å²) < 4.78 is 1.37. The lowest BCUT2D eigenvalue weighted by atomic mass is 9.61. The van der Waals surface area contributed by atoms with E-state index < -0.39 is 5.41 Å². The molecule has 11 rings (SSSR count). The third-order valence-corrected chi connectivity index (χ3v) is 14.4. The Kier molecular flexibility index (Phi) is 8.50. The molecule has 3 aliphatic carbocycles. The van der Waals surface area contributed by atoms with Gasteiger partial charge in [0.2, 0.25) is 0 Å². The van der Waals surface area contributed by atoms with Crippen molar-refractivity contribution in [1.82, 2.24) is 0 Å². The van der Waals surface area contributed by atoms with Gasteiger partial charge in [-0.05, 0) is 157 Å². The van der Waals surface area contributed by atoms with E-state index in [0.29, 0.717) is 0 Å². The van der Waals surface area contributed by atoms with Crippen LogP contribution in [-0.2, 0) is 18.3 Å². The average molecular weight is 773 g/mol. The number of thiophene rings is 1. The Morgan fingerprint density at radius 3 is 2.12 bits per heavy atom. The zero-order valence-corrected chi connectivity index (χ0v) is 34.4. The first-order chi connectivity index (χ1) is 29.1. The molecule has 0 aliphatic heterocycles. The van der Waals surface area contributed by atoms with Crippen LogP contribution in [0.1, 0.15) is 68.3 Å². The maximum Gasteiger partial charge on any atom is 0.0725 e. The molecule has 1 aromatic heterocycles. The first-order valence-electron chi connectivity index (χ1n) is 20.9. The highest BCUT2D eigenvalue weighted by molar-refractivity contribution is 7.20. The van der Waals surface area contributed by atoms with E-state index in [1.54, 1.807) is 0 Å². The van der Waals surface area contributed by atoms with Crippen LogP contribution in [0.3, 0.4) is 0 Å². The van der Waals surface area contributed by atoms with E-state index >= 15 is 0 Å². The largest absolute Gasteiger partial charge is 0.136 e. The Hall–Kier alpha value is -6.54. The number of hydrogen-bond donors (Lipinski definition) is 0. The molecule has 0 radical (unpaired) electrons. The van der Waals surface area contributed by atoms with Crippen LogP contribution in [0.15, 0.2) is 188 Å². The standard InChI is InChI=1S/C58H44S/c1-4-39(49(40-17-7-5-8-18-40)36-55-38(3)56-44-22-10-6-9-19-41(44)32-34-54(56)59-55)30-29-37(2)43-31-33-47-45-23-11-13-26-50(45)58(53(47)35-43)51-27-14-12-24-46(51)48-25-15-20-42-21-16-28-52(58)57(42)48/h4-8,10-18,20-21,23-36H,1,9,19,22H2,2-3H3/b37-29+,39-30+,49-36-. The maximum atomic E-state index is 4.38. The molecule has 0 N–H and O–H groups in total. The molecule has 1 atom stereocenters. The molecule has 7 aromatic carbocycles. The fraction of sp³-hybridized carbons (Fsp3) is 0.103. The molecule has 1 heteroatoms. The van der Waals surface area contributed by atoms with Crippen LogP contribution in [0.25, 0.3) is 60.3 Å². The van der Waals surface area contributed by atoms with E-state index in [0.717, 1.165) is 24.8 Å². The van der Waals surface area contributed by atoms with Crippen LogP contribution in [0.2, 0.25) is 0 Å². The normalized spacial score (nSPS) is 16.8. The van der Waals surface area contributed by atoms with Crippen molar-refractivity contribution in [3.8, 4) is 22.3 Å². The summed E-state index contributed by atoms with van der Waals surface area (Å²) in [6.45, 7) is 8.94. The lowest BCUT2D eigenvalue weighted by Crippen LogP contribution is -2.31. The van der Waals surface area contributed by atoms with Gasteiger partial charge in [0, 0.05) is 9.58 Å². The molecule has 0 amide bonds. The van der Waals surface area contributed by atoms with Gasteiger partial charge in [0.25, 0.3) is 0 Å². The molecule has 1 spiro atoms. The molecule has 3 aliphatic rings. The van der Waals surface area contributed by atoms with Gasteiger partial charge in [0.1, 0.15) is 0 Å². The summed E-state index contributed by atoms with van der Waals surface area (Å²) in [5.74, 6) is 0. The highest BCUT2D eigenvalue weighted by atomic mass is 32.1. The number of hydrogen-bond acceptors (Lipinski definition) is 1. The van der Waals surface area contributed by atoms with Gasteiger partial charge in [-0.15, -0.1) is 11.3 Å². The van der Waals surface area contributed by atoms with Crippen LogP contribution < -0.4 is 0 Å². The second-order valence-corrected chi connectivity index (χ2v) is 17.4. The van der Waals surface area contributed by atoms with Crippen molar-refractivity contribution < 1.29 is 0 Å². The van der Waals surface area contributed by atoms with Crippen molar-refractivity contribution in [2.75, 3.05) is 0 Å². The molecular weight excluding hydrogens is 729 g/mol. The third kappa shape index (κ3) is 5.42. The molecule has 0 nitrogen and oxygen atoms in total. The Labute approximate surface area is 351 Å². The van der Waals surface area contributed by atoms with Crippen molar-refractivity contribution in [2.45, 2.75) is 38.5 Å². The summed E-state index contributed by atoms with van der Waals surface area (Å²) in [4.78, 5) is 1.31. The van der Waals surface area contributed by atoms with Gasteiger partial charge in [-0.25, -0.2) is 0 Å². The summed E-state index contributed by atoms with van der Waals surface area (Å²) in [5.41, 5.74) is 20.5. The SMILES string of the molecule is C=CC(=C\C=C(/C)c1ccc2c(c1)C1(c3ccccc3-2)c2ccccc2-c2cccc3cccc1c23)/C(=C/c1sc2ccc3c(c2c1C)CC=CCC3)c1ccccc1. The van der Waals surface area contributed by atoms with Gasteiger partial charge in [-0.1, -0.05) is 170 Å². The fourth-order valence-electron chi connectivity index (χ4n) is 10.5.